The lowest BCUT2D eigenvalue weighted by atomic mass is 10.5. The van der Waals surface area contributed by atoms with Crippen molar-refractivity contribution in [3.05, 3.63) is 24.4 Å². The second-order valence-electron chi connectivity index (χ2n) is 2.54. The smallest absolute Gasteiger partial charge is 0.283 e. The average Bonchev–Trinajstić information content (AvgIpc) is 2.16. The summed E-state index contributed by atoms with van der Waals surface area (Å²) in [4.78, 5) is 3.93. The van der Waals surface area contributed by atoms with Gasteiger partial charge in [-0.25, -0.2) is 4.98 Å². The van der Waals surface area contributed by atoms with Crippen LogP contribution in [0.1, 0.15) is 6.92 Å². The Labute approximate surface area is 92.9 Å². The lowest BCUT2D eigenvalue weighted by Crippen LogP contribution is -2.28. The Bertz CT molecular complexity index is 267. The molecule has 0 aliphatic rings. The number of alkyl halides is 2. The normalized spacial score (nSPS) is 11.4. The first-order chi connectivity index (χ1) is 6.64. The lowest BCUT2D eigenvalue weighted by molar-refractivity contribution is 0.0715. The zero-order valence-electron chi connectivity index (χ0n) is 7.74. The lowest BCUT2D eigenvalue weighted by Gasteiger charge is -2.19. The van der Waals surface area contributed by atoms with Crippen LogP contribution < -0.4 is 4.74 Å². The molecule has 1 rings (SSSR count). The topological polar surface area (TPSA) is 31.4 Å². The zero-order chi connectivity index (χ0) is 10.4. The van der Waals surface area contributed by atoms with E-state index in [2.05, 4.69) is 4.98 Å². The summed E-state index contributed by atoms with van der Waals surface area (Å²) in [5.74, 6) is 0.372. The van der Waals surface area contributed by atoms with Crippen LogP contribution >= 0.6 is 23.2 Å². The third-order valence-corrected chi connectivity index (χ3v) is 1.74. The van der Waals surface area contributed by atoms with Crippen molar-refractivity contribution in [2.45, 2.75) is 11.4 Å². The largest absolute Gasteiger partial charge is 0.438 e. The van der Waals surface area contributed by atoms with Gasteiger partial charge in [-0.1, -0.05) is 29.3 Å². The summed E-state index contributed by atoms with van der Waals surface area (Å²) < 4.78 is 8.87. The van der Waals surface area contributed by atoms with Crippen molar-refractivity contribution in [3.63, 3.8) is 0 Å². The van der Waals surface area contributed by atoms with Crippen LogP contribution in [0.25, 0.3) is 0 Å². The van der Waals surface area contributed by atoms with Crippen molar-refractivity contribution in [1.29, 1.82) is 0 Å². The van der Waals surface area contributed by atoms with Crippen molar-refractivity contribution in [3.8, 4) is 5.88 Å². The minimum absolute atomic E-state index is 0.100. The van der Waals surface area contributed by atoms with E-state index in [9.17, 15) is 0 Å². The zero-order valence-corrected chi connectivity index (χ0v) is 9.26. The highest BCUT2D eigenvalue weighted by Crippen LogP contribution is 2.24. The predicted molar refractivity (Wildman–Crippen MR) is 55.8 cm³/mol. The molecule has 0 unspecified atom stereocenters. The number of ether oxygens (including phenoxy) is 2. The average molecular weight is 236 g/mol. The molecule has 78 valence electrons. The molecule has 1 aromatic heterocycles. The van der Waals surface area contributed by atoms with Crippen molar-refractivity contribution >= 4 is 23.2 Å². The molecule has 3 nitrogen and oxygen atoms in total. The molecule has 0 aliphatic heterocycles. The molecular weight excluding hydrogens is 225 g/mol. The minimum Gasteiger partial charge on any atom is -0.438 e. The van der Waals surface area contributed by atoms with E-state index < -0.39 is 4.52 Å². The summed E-state index contributed by atoms with van der Waals surface area (Å²) in [7, 11) is 0. The Balaban J connectivity index is 2.50. The van der Waals surface area contributed by atoms with Crippen LogP contribution in [0.3, 0.4) is 0 Å². The monoisotopic (exact) mass is 235 g/mol. The molecule has 0 radical (unpaired) electrons. The van der Waals surface area contributed by atoms with Gasteiger partial charge >= 0.3 is 0 Å². The van der Waals surface area contributed by atoms with Gasteiger partial charge in [-0.05, 0) is 13.0 Å². The van der Waals surface area contributed by atoms with Gasteiger partial charge in [-0.15, -0.1) is 0 Å². The van der Waals surface area contributed by atoms with Gasteiger partial charge in [-0.2, -0.15) is 0 Å². The fourth-order valence-corrected chi connectivity index (χ4v) is 1.12. The number of halogens is 2. The van der Waals surface area contributed by atoms with Crippen LogP contribution in [0.15, 0.2) is 24.4 Å². The van der Waals surface area contributed by atoms with Crippen molar-refractivity contribution in [2.75, 3.05) is 13.2 Å². The Morgan fingerprint density at radius 3 is 2.79 bits per heavy atom. The number of hydrogen-bond donors (Lipinski definition) is 0. The number of hydrogen-bond acceptors (Lipinski definition) is 3. The van der Waals surface area contributed by atoms with E-state index in [1.165, 1.54) is 0 Å². The molecule has 0 saturated carbocycles. The fraction of sp³-hybridized carbons (Fsp3) is 0.444. The van der Waals surface area contributed by atoms with Crippen LogP contribution in [0, 0.1) is 0 Å². The summed E-state index contributed by atoms with van der Waals surface area (Å²) in [5.41, 5.74) is 0. The van der Waals surface area contributed by atoms with E-state index in [0.29, 0.717) is 12.5 Å². The van der Waals surface area contributed by atoms with Gasteiger partial charge in [0.15, 0.2) is 0 Å². The molecule has 0 fully saturated rings. The van der Waals surface area contributed by atoms with Gasteiger partial charge < -0.3 is 9.47 Å². The molecule has 0 amide bonds. The first-order valence-electron chi connectivity index (χ1n) is 4.19. The molecule has 5 heteroatoms. The van der Waals surface area contributed by atoms with E-state index in [0.717, 1.165) is 0 Å². The highest BCUT2D eigenvalue weighted by Gasteiger charge is 2.26. The number of pyridine rings is 1. The molecule has 0 aromatic carbocycles. The SMILES string of the molecule is CCOCC(Cl)(Cl)Oc1ccccn1. The van der Waals surface area contributed by atoms with Gasteiger partial charge in [0.2, 0.25) is 5.88 Å². The van der Waals surface area contributed by atoms with Crippen LogP contribution in [-0.4, -0.2) is 22.7 Å². The highest BCUT2D eigenvalue weighted by molar-refractivity contribution is 6.47. The second kappa shape index (κ2) is 5.39. The van der Waals surface area contributed by atoms with Crippen molar-refractivity contribution in [2.24, 2.45) is 0 Å². The minimum atomic E-state index is -1.38. The predicted octanol–water partition coefficient (Wildman–Crippen LogP) is 2.63. The van der Waals surface area contributed by atoms with Gasteiger partial charge in [0.1, 0.15) is 6.61 Å². The number of aromatic nitrogens is 1. The second-order valence-corrected chi connectivity index (χ2v) is 3.96. The van der Waals surface area contributed by atoms with E-state index >= 15 is 0 Å². The summed E-state index contributed by atoms with van der Waals surface area (Å²) in [6, 6.07) is 5.23. The maximum atomic E-state index is 5.83. The molecule has 1 heterocycles. The molecule has 0 saturated heterocycles. The third-order valence-electron chi connectivity index (χ3n) is 1.37. The number of rotatable bonds is 5. The van der Waals surface area contributed by atoms with Crippen LogP contribution in [0.2, 0.25) is 0 Å². The van der Waals surface area contributed by atoms with Crippen LogP contribution in [0.4, 0.5) is 0 Å². The number of nitrogens with zero attached hydrogens (tertiary/aromatic N) is 1. The van der Waals surface area contributed by atoms with Gasteiger partial charge in [0, 0.05) is 18.9 Å². The van der Waals surface area contributed by atoms with Crippen LogP contribution in [0.5, 0.6) is 5.88 Å². The highest BCUT2D eigenvalue weighted by atomic mass is 35.5. The molecule has 0 aliphatic carbocycles. The maximum Gasteiger partial charge on any atom is 0.283 e. The Hall–Kier alpha value is -0.510. The summed E-state index contributed by atoms with van der Waals surface area (Å²) in [6.07, 6.45) is 1.60. The molecule has 0 spiro atoms. The standard InChI is InChI=1S/C9H11Cl2NO2/c1-2-13-7-9(10,11)14-8-5-3-4-6-12-8/h3-6H,2,7H2,1H3. The van der Waals surface area contributed by atoms with E-state index in [4.69, 9.17) is 32.7 Å². The quantitative estimate of drug-likeness (QED) is 0.736. The first kappa shape index (κ1) is 11.6. The summed E-state index contributed by atoms with van der Waals surface area (Å²) in [5, 5.41) is 0. The van der Waals surface area contributed by atoms with E-state index in [1.807, 2.05) is 6.92 Å². The molecular formula is C9H11Cl2NO2. The Morgan fingerprint density at radius 1 is 1.43 bits per heavy atom. The molecule has 1 aromatic rings. The maximum absolute atomic E-state index is 5.83. The van der Waals surface area contributed by atoms with Gasteiger partial charge in [-0.3, -0.25) is 0 Å². The van der Waals surface area contributed by atoms with Gasteiger partial charge in [0.25, 0.3) is 4.52 Å². The van der Waals surface area contributed by atoms with Crippen molar-refractivity contribution in [1.82, 2.24) is 4.98 Å². The third kappa shape index (κ3) is 4.13. The Morgan fingerprint density at radius 2 is 2.21 bits per heavy atom. The molecule has 14 heavy (non-hydrogen) atoms. The van der Waals surface area contributed by atoms with E-state index in [1.54, 1.807) is 24.4 Å². The fourth-order valence-electron chi connectivity index (χ4n) is 0.811. The molecule has 0 N–H and O–H groups in total. The van der Waals surface area contributed by atoms with Crippen LogP contribution in [-0.2, 0) is 4.74 Å². The van der Waals surface area contributed by atoms with E-state index in [-0.39, 0.29) is 6.61 Å². The molecule has 0 bridgehead atoms. The summed E-state index contributed by atoms with van der Waals surface area (Å²) in [6.45, 7) is 2.49. The summed E-state index contributed by atoms with van der Waals surface area (Å²) >= 11 is 11.7. The van der Waals surface area contributed by atoms with Gasteiger partial charge in [0.05, 0.1) is 0 Å². The van der Waals surface area contributed by atoms with Crippen molar-refractivity contribution < 1.29 is 9.47 Å². The first-order valence-corrected chi connectivity index (χ1v) is 4.95. The Kier molecular flexibility index (Phi) is 4.45. The molecule has 0 atom stereocenters.